The lowest BCUT2D eigenvalue weighted by atomic mass is 9.52. The normalized spacial score (nSPS) is 30.3. The Morgan fingerprint density at radius 2 is 1.69 bits per heavy atom. The van der Waals surface area contributed by atoms with Crippen LogP contribution in [0.15, 0.2) is 18.7 Å². The summed E-state index contributed by atoms with van der Waals surface area (Å²) >= 11 is 12.7. The highest BCUT2D eigenvalue weighted by atomic mass is 35.5. The molecule has 3 aromatic rings. The minimum atomic E-state index is 0.228. The van der Waals surface area contributed by atoms with Crippen molar-refractivity contribution >= 4 is 34.4 Å². The van der Waals surface area contributed by atoms with E-state index in [1.54, 1.807) is 18.7 Å². The van der Waals surface area contributed by atoms with E-state index in [1.807, 2.05) is 4.57 Å². The number of hydrogen-bond acceptors (Lipinski definition) is 4. The van der Waals surface area contributed by atoms with Crippen LogP contribution in [0.3, 0.4) is 0 Å². The van der Waals surface area contributed by atoms with E-state index in [0.717, 1.165) is 40.7 Å². The number of imidazole rings is 1. The number of aromatic amines is 1. The van der Waals surface area contributed by atoms with Gasteiger partial charge in [-0.3, -0.25) is 10.4 Å². The first kappa shape index (κ1) is 17.9. The molecule has 3 aromatic heterocycles. The highest BCUT2D eigenvalue weighted by Gasteiger charge is 2.49. The topological polar surface area (TPSA) is 83.2 Å². The van der Waals surface area contributed by atoms with Gasteiger partial charge in [0.1, 0.15) is 11.3 Å². The lowest BCUT2D eigenvalue weighted by molar-refractivity contribution is -0.00529. The van der Waals surface area contributed by atoms with Crippen molar-refractivity contribution in [3.63, 3.8) is 0 Å². The zero-order valence-electron chi connectivity index (χ0n) is 15.9. The second-order valence-electron chi connectivity index (χ2n) is 9.08. The predicted octanol–water partition coefficient (Wildman–Crippen LogP) is 4.53. The largest absolute Gasteiger partial charge is 0.337 e. The second-order valence-corrected chi connectivity index (χ2v) is 9.89. The van der Waals surface area contributed by atoms with Gasteiger partial charge in [0.15, 0.2) is 11.1 Å². The number of pyridine rings is 1. The van der Waals surface area contributed by atoms with Crippen LogP contribution in [-0.2, 0) is 6.54 Å². The number of nitrogens with zero attached hydrogens (tertiary/aromatic N) is 4. The fraction of sp³-hybridized carbons (Fsp3) is 0.524. The van der Waals surface area contributed by atoms with Crippen molar-refractivity contribution in [2.75, 3.05) is 0 Å². The highest BCUT2D eigenvalue weighted by Crippen LogP contribution is 2.59. The molecule has 0 aliphatic heterocycles. The van der Waals surface area contributed by atoms with Crippen molar-refractivity contribution in [3.05, 3.63) is 45.6 Å². The maximum atomic E-state index is 8.29. The first-order chi connectivity index (χ1) is 14.1. The van der Waals surface area contributed by atoms with Gasteiger partial charge in [-0.1, -0.05) is 23.2 Å². The number of nitrogens with one attached hydrogen (secondary N) is 2. The molecule has 29 heavy (non-hydrogen) atoms. The molecule has 0 unspecified atom stereocenters. The predicted molar refractivity (Wildman–Crippen MR) is 111 cm³/mol. The van der Waals surface area contributed by atoms with Crippen molar-refractivity contribution in [2.45, 2.75) is 44.6 Å². The van der Waals surface area contributed by atoms with Gasteiger partial charge >= 0.3 is 0 Å². The third-order valence-corrected chi connectivity index (χ3v) is 8.01. The molecule has 0 radical (unpaired) electrons. The number of aromatic nitrogens is 5. The molecule has 0 amide bonds. The molecular formula is C21H22Cl2N6. The van der Waals surface area contributed by atoms with Gasteiger partial charge in [0.2, 0.25) is 0 Å². The van der Waals surface area contributed by atoms with Crippen LogP contribution in [0.25, 0.3) is 11.2 Å². The smallest absolute Gasteiger partial charge is 0.173 e. The number of fused-ring (bicyclic) bond motifs is 1. The van der Waals surface area contributed by atoms with Crippen LogP contribution in [0.1, 0.15) is 49.4 Å². The monoisotopic (exact) mass is 428 g/mol. The molecule has 4 aliphatic rings. The van der Waals surface area contributed by atoms with E-state index in [9.17, 15) is 0 Å². The van der Waals surface area contributed by atoms with E-state index < -0.39 is 0 Å². The Kier molecular flexibility index (Phi) is 4.04. The van der Waals surface area contributed by atoms with Crippen LogP contribution in [-0.4, -0.2) is 24.5 Å². The van der Waals surface area contributed by atoms with Crippen LogP contribution in [0.2, 0.25) is 10.0 Å². The highest BCUT2D eigenvalue weighted by molar-refractivity contribution is 6.35. The third-order valence-electron chi connectivity index (χ3n) is 7.36. The fourth-order valence-electron chi connectivity index (χ4n) is 6.41. The minimum absolute atomic E-state index is 0.228. The average Bonchev–Trinajstić information content (AvgIpc) is 3.12. The summed E-state index contributed by atoms with van der Waals surface area (Å²) in [4.78, 5) is 16.8. The van der Waals surface area contributed by atoms with Gasteiger partial charge < -0.3 is 9.55 Å². The summed E-state index contributed by atoms with van der Waals surface area (Å²) in [7, 11) is 0. The molecule has 0 spiro atoms. The molecule has 3 heterocycles. The summed E-state index contributed by atoms with van der Waals surface area (Å²) < 4.78 is 1.93. The average molecular weight is 429 g/mol. The van der Waals surface area contributed by atoms with Gasteiger partial charge in [-0.25, -0.2) is 9.97 Å². The van der Waals surface area contributed by atoms with E-state index in [1.165, 1.54) is 32.1 Å². The van der Waals surface area contributed by atoms with Crippen molar-refractivity contribution in [1.29, 1.82) is 5.41 Å². The van der Waals surface area contributed by atoms with E-state index in [0.29, 0.717) is 28.0 Å². The lowest BCUT2D eigenvalue weighted by Gasteiger charge is -2.53. The van der Waals surface area contributed by atoms with E-state index in [4.69, 9.17) is 33.6 Å². The van der Waals surface area contributed by atoms with Gasteiger partial charge in [0.05, 0.1) is 22.9 Å². The van der Waals surface area contributed by atoms with Crippen molar-refractivity contribution in [2.24, 2.45) is 23.7 Å². The molecular weight excluding hydrogens is 407 g/mol. The summed E-state index contributed by atoms with van der Waals surface area (Å²) in [6.07, 6.45) is 11.6. The maximum Gasteiger partial charge on any atom is 0.173 e. The number of H-pyrrole nitrogens is 1. The SMILES string of the molecule is N=c1ncn(Cc2c(Cl)cncc2Cl)c2nc(C3C4CC5CC(C4)CC3C5)[nH]c12. The Labute approximate surface area is 178 Å². The van der Waals surface area contributed by atoms with Crippen molar-refractivity contribution in [3.8, 4) is 0 Å². The molecule has 0 atom stereocenters. The molecule has 4 bridgehead atoms. The first-order valence-corrected chi connectivity index (χ1v) is 11.1. The Morgan fingerprint density at radius 3 is 2.34 bits per heavy atom. The quantitative estimate of drug-likeness (QED) is 0.642. The van der Waals surface area contributed by atoms with Crippen LogP contribution >= 0.6 is 23.2 Å². The van der Waals surface area contributed by atoms with Gasteiger partial charge in [-0.05, 0) is 55.8 Å². The van der Waals surface area contributed by atoms with Crippen molar-refractivity contribution < 1.29 is 0 Å². The Hall–Kier alpha value is -1.92. The Bertz CT molecular complexity index is 1120. The fourth-order valence-corrected chi connectivity index (χ4v) is 6.89. The van der Waals surface area contributed by atoms with Gasteiger partial charge in [-0.2, -0.15) is 0 Å². The van der Waals surface area contributed by atoms with E-state index >= 15 is 0 Å². The molecule has 8 heteroatoms. The molecule has 6 nitrogen and oxygen atoms in total. The molecule has 4 saturated carbocycles. The second kappa shape index (κ2) is 6.54. The van der Waals surface area contributed by atoms with Gasteiger partial charge in [0.25, 0.3) is 0 Å². The number of rotatable bonds is 3. The van der Waals surface area contributed by atoms with Crippen LogP contribution < -0.4 is 5.49 Å². The van der Waals surface area contributed by atoms with E-state index in [-0.39, 0.29) is 5.49 Å². The summed E-state index contributed by atoms with van der Waals surface area (Å²) in [6.45, 7) is 0.440. The number of halogens is 2. The van der Waals surface area contributed by atoms with Crippen LogP contribution in [0.4, 0.5) is 0 Å². The summed E-state index contributed by atoms with van der Waals surface area (Å²) in [5.41, 5.74) is 2.45. The zero-order valence-corrected chi connectivity index (χ0v) is 17.4. The van der Waals surface area contributed by atoms with Crippen LogP contribution in [0, 0.1) is 29.1 Å². The summed E-state index contributed by atoms with van der Waals surface area (Å²) in [6, 6.07) is 0. The van der Waals surface area contributed by atoms with Gasteiger partial charge in [-0.15, -0.1) is 0 Å². The third kappa shape index (κ3) is 2.83. The molecule has 4 fully saturated rings. The van der Waals surface area contributed by atoms with E-state index in [2.05, 4.69) is 15.0 Å². The molecule has 0 saturated heterocycles. The lowest BCUT2D eigenvalue weighted by Crippen LogP contribution is -2.44. The van der Waals surface area contributed by atoms with Gasteiger partial charge in [0, 0.05) is 23.9 Å². The molecule has 7 rings (SSSR count). The molecule has 150 valence electrons. The minimum Gasteiger partial charge on any atom is -0.337 e. The first-order valence-electron chi connectivity index (χ1n) is 10.3. The van der Waals surface area contributed by atoms with Crippen LogP contribution in [0.5, 0.6) is 0 Å². The Morgan fingerprint density at radius 1 is 1.03 bits per heavy atom. The molecule has 2 N–H and O–H groups in total. The van der Waals surface area contributed by atoms with Crippen molar-refractivity contribution in [1.82, 2.24) is 24.5 Å². The zero-order chi connectivity index (χ0) is 19.7. The Balaban J connectivity index is 1.43. The summed E-state index contributed by atoms with van der Waals surface area (Å²) in [5, 5.41) is 9.33. The molecule has 0 aromatic carbocycles. The summed E-state index contributed by atoms with van der Waals surface area (Å²) in [5.74, 6) is 4.82. The molecule has 4 aliphatic carbocycles. The standard InChI is InChI=1S/C21H22Cl2N6/c22-15-6-25-7-16(23)14(15)8-29-9-26-19(24)18-21(29)28-20(27-18)17-12-2-10-1-11(4-12)5-13(17)3-10/h6-7,9-13,17,24H,1-5,8H2,(H,27,28). The number of hydrogen-bond donors (Lipinski definition) is 2. The maximum absolute atomic E-state index is 8.29.